The van der Waals surface area contributed by atoms with Crippen LogP contribution < -0.4 is 15.4 Å². The average molecular weight is 566 g/mol. The van der Waals surface area contributed by atoms with Gasteiger partial charge in [-0.05, 0) is 73.4 Å². The van der Waals surface area contributed by atoms with Crippen LogP contribution in [0.1, 0.15) is 60.1 Å². The third-order valence-corrected chi connectivity index (χ3v) is 8.77. The number of amides is 1. The van der Waals surface area contributed by atoms with E-state index in [1.165, 1.54) is 10.4 Å². The van der Waals surface area contributed by atoms with Gasteiger partial charge < -0.3 is 15.4 Å². The molecule has 1 amide bonds. The number of nitrogens with one attached hydrogen (secondary N) is 2. The second-order valence-electron chi connectivity index (χ2n) is 10.3. The number of ether oxygens (including phenoxy) is 1. The summed E-state index contributed by atoms with van der Waals surface area (Å²) < 4.78 is 5.32. The van der Waals surface area contributed by atoms with E-state index in [1.54, 1.807) is 25.4 Å². The molecule has 2 heterocycles. The minimum absolute atomic E-state index is 0.0308. The lowest BCUT2D eigenvalue weighted by atomic mass is 9.94. The zero-order valence-electron chi connectivity index (χ0n) is 23.7. The van der Waals surface area contributed by atoms with Crippen LogP contribution >= 0.6 is 11.3 Å². The normalized spacial score (nSPS) is 14.7. The first-order valence-electron chi connectivity index (χ1n) is 13.7. The Morgan fingerprint density at radius 3 is 2.37 bits per heavy atom. The molecule has 210 valence electrons. The summed E-state index contributed by atoms with van der Waals surface area (Å²) in [5.41, 5.74) is 6.42. The SMILES string of the molecule is C=C(Nc1ccc(C(=O)NCC2c3sc(C)c(C(C)=O)c3CCN2Cc2ccc(OC)cc2)cc1)c1ccccc1. The van der Waals surface area contributed by atoms with Crippen LogP contribution in [-0.4, -0.2) is 36.8 Å². The van der Waals surface area contributed by atoms with Crippen LogP contribution in [0.3, 0.4) is 0 Å². The van der Waals surface area contributed by atoms with Crippen molar-refractivity contribution in [2.24, 2.45) is 0 Å². The predicted molar refractivity (Wildman–Crippen MR) is 167 cm³/mol. The summed E-state index contributed by atoms with van der Waals surface area (Å²) in [6.45, 7) is 9.78. The predicted octanol–water partition coefficient (Wildman–Crippen LogP) is 6.88. The maximum Gasteiger partial charge on any atom is 0.251 e. The van der Waals surface area contributed by atoms with E-state index in [9.17, 15) is 9.59 Å². The number of anilines is 1. The van der Waals surface area contributed by atoms with Crippen LogP contribution in [0.5, 0.6) is 5.75 Å². The number of methoxy groups -OCH3 is 1. The zero-order chi connectivity index (χ0) is 28.9. The van der Waals surface area contributed by atoms with Gasteiger partial charge >= 0.3 is 0 Å². The van der Waals surface area contributed by atoms with Gasteiger partial charge in [-0.1, -0.05) is 49.0 Å². The Morgan fingerprint density at radius 2 is 1.71 bits per heavy atom. The Morgan fingerprint density at radius 1 is 1.00 bits per heavy atom. The Kier molecular flexibility index (Phi) is 8.67. The molecule has 0 spiro atoms. The van der Waals surface area contributed by atoms with Crippen molar-refractivity contribution in [2.45, 2.75) is 32.9 Å². The summed E-state index contributed by atoms with van der Waals surface area (Å²) >= 11 is 1.68. The number of aryl methyl sites for hydroxylation is 1. The summed E-state index contributed by atoms with van der Waals surface area (Å²) in [4.78, 5) is 30.3. The van der Waals surface area contributed by atoms with Gasteiger partial charge in [0, 0.05) is 51.9 Å². The number of carbonyl (C=O) groups is 2. The topological polar surface area (TPSA) is 70.7 Å². The van der Waals surface area contributed by atoms with E-state index in [0.29, 0.717) is 12.1 Å². The van der Waals surface area contributed by atoms with Crippen molar-refractivity contribution in [1.29, 1.82) is 0 Å². The molecule has 5 rings (SSSR count). The monoisotopic (exact) mass is 565 g/mol. The molecule has 0 bridgehead atoms. The van der Waals surface area contributed by atoms with E-state index >= 15 is 0 Å². The summed E-state index contributed by atoms with van der Waals surface area (Å²) in [5.74, 6) is 0.800. The molecule has 1 unspecified atom stereocenters. The summed E-state index contributed by atoms with van der Waals surface area (Å²) in [6.07, 6.45) is 0.817. The molecule has 1 atom stereocenters. The lowest BCUT2D eigenvalue weighted by Crippen LogP contribution is -2.41. The minimum atomic E-state index is -0.130. The van der Waals surface area contributed by atoms with Gasteiger partial charge in [0.05, 0.1) is 13.2 Å². The Bertz CT molecular complexity index is 1540. The van der Waals surface area contributed by atoms with Crippen molar-refractivity contribution in [1.82, 2.24) is 10.2 Å². The number of rotatable bonds is 10. The standard InChI is InChI=1S/C34H35N3O3S/c1-22(26-8-6-5-7-9-26)36-28-14-12-27(13-15-28)34(39)35-20-31-33-30(32(23(2)38)24(3)41-33)18-19-37(31)21-25-10-16-29(40-4)17-11-25/h5-17,31,36H,1,18-21H2,2-4H3,(H,35,39). The van der Waals surface area contributed by atoms with Gasteiger partial charge in [0.25, 0.3) is 5.91 Å². The number of hydrogen-bond acceptors (Lipinski definition) is 6. The molecule has 1 aliphatic rings. The van der Waals surface area contributed by atoms with E-state index < -0.39 is 0 Å². The fourth-order valence-corrected chi connectivity index (χ4v) is 6.82. The molecule has 0 saturated heterocycles. The molecular weight excluding hydrogens is 530 g/mol. The smallest absolute Gasteiger partial charge is 0.251 e. The highest BCUT2D eigenvalue weighted by Gasteiger charge is 2.33. The largest absolute Gasteiger partial charge is 0.497 e. The van der Waals surface area contributed by atoms with Gasteiger partial charge in [0.15, 0.2) is 5.78 Å². The number of hydrogen-bond donors (Lipinski definition) is 2. The maximum atomic E-state index is 13.2. The minimum Gasteiger partial charge on any atom is -0.497 e. The number of nitrogens with zero attached hydrogens (tertiary/aromatic N) is 1. The number of Topliss-reactive ketones (excluding diaryl/α,β-unsaturated/α-hetero) is 1. The molecule has 7 heteroatoms. The van der Waals surface area contributed by atoms with E-state index in [1.807, 2.05) is 73.7 Å². The van der Waals surface area contributed by atoms with Gasteiger partial charge in [-0.15, -0.1) is 11.3 Å². The highest BCUT2D eigenvalue weighted by molar-refractivity contribution is 7.12. The molecule has 0 fully saturated rings. The Hall–Kier alpha value is -4.20. The van der Waals surface area contributed by atoms with Crippen LogP contribution in [0.2, 0.25) is 0 Å². The fourth-order valence-electron chi connectivity index (χ4n) is 5.43. The first-order valence-corrected chi connectivity index (χ1v) is 14.6. The molecule has 0 aliphatic carbocycles. The van der Waals surface area contributed by atoms with Crippen LogP contribution in [-0.2, 0) is 13.0 Å². The summed E-state index contributed by atoms with van der Waals surface area (Å²) in [6, 6.07) is 25.4. The third kappa shape index (κ3) is 6.42. The van der Waals surface area contributed by atoms with Gasteiger partial charge in [0.2, 0.25) is 0 Å². The molecule has 3 aromatic carbocycles. The summed E-state index contributed by atoms with van der Waals surface area (Å²) in [5, 5.41) is 6.48. The van der Waals surface area contributed by atoms with E-state index in [4.69, 9.17) is 4.74 Å². The molecule has 4 aromatic rings. The third-order valence-electron chi connectivity index (χ3n) is 7.52. The molecular formula is C34H35N3O3S. The first kappa shape index (κ1) is 28.3. The van der Waals surface area contributed by atoms with Crippen molar-refractivity contribution in [3.05, 3.63) is 123 Å². The number of fused-ring (bicyclic) bond motifs is 1. The van der Waals surface area contributed by atoms with Crippen molar-refractivity contribution < 1.29 is 14.3 Å². The van der Waals surface area contributed by atoms with Crippen molar-refractivity contribution in [2.75, 3.05) is 25.5 Å². The van der Waals surface area contributed by atoms with Crippen molar-refractivity contribution in [3.8, 4) is 5.75 Å². The second kappa shape index (κ2) is 12.5. The number of benzene rings is 3. The van der Waals surface area contributed by atoms with Crippen LogP contribution in [0.4, 0.5) is 5.69 Å². The molecule has 1 aliphatic heterocycles. The van der Waals surface area contributed by atoms with E-state index in [0.717, 1.165) is 58.2 Å². The van der Waals surface area contributed by atoms with E-state index in [-0.39, 0.29) is 17.7 Å². The van der Waals surface area contributed by atoms with E-state index in [2.05, 4.69) is 34.2 Å². The Balaban J connectivity index is 1.31. The second-order valence-corrected chi connectivity index (χ2v) is 11.5. The van der Waals surface area contributed by atoms with Crippen molar-refractivity contribution in [3.63, 3.8) is 0 Å². The van der Waals surface area contributed by atoms with Crippen molar-refractivity contribution >= 4 is 34.4 Å². The molecule has 41 heavy (non-hydrogen) atoms. The molecule has 2 N–H and O–H groups in total. The summed E-state index contributed by atoms with van der Waals surface area (Å²) in [7, 11) is 1.66. The first-order chi connectivity index (χ1) is 19.8. The number of thiophene rings is 1. The highest BCUT2D eigenvalue weighted by Crippen LogP contribution is 2.40. The maximum absolute atomic E-state index is 13.2. The van der Waals surface area contributed by atoms with Crippen LogP contribution in [0.15, 0.2) is 85.4 Å². The number of ketones is 1. The fraction of sp³-hybridized carbons (Fsp3) is 0.235. The van der Waals surface area contributed by atoms with Gasteiger partial charge in [-0.3, -0.25) is 14.5 Å². The van der Waals surface area contributed by atoms with Gasteiger partial charge in [-0.25, -0.2) is 0 Å². The average Bonchev–Trinajstić information content (AvgIpc) is 3.33. The lowest BCUT2D eigenvalue weighted by molar-refractivity contribution is 0.0924. The van der Waals surface area contributed by atoms with Crippen LogP contribution in [0.25, 0.3) is 5.70 Å². The quantitative estimate of drug-likeness (QED) is 0.205. The molecule has 1 aromatic heterocycles. The van der Waals surface area contributed by atoms with Crippen LogP contribution in [0, 0.1) is 6.92 Å². The molecule has 0 radical (unpaired) electrons. The van der Waals surface area contributed by atoms with Gasteiger partial charge in [0.1, 0.15) is 5.75 Å². The van der Waals surface area contributed by atoms with Gasteiger partial charge in [-0.2, -0.15) is 0 Å². The zero-order valence-corrected chi connectivity index (χ0v) is 24.5. The highest BCUT2D eigenvalue weighted by atomic mass is 32.1. The number of carbonyl (C=O) groups excluding carboxylic acids is 2. The molecule has 6 nitrogen and oxygen atoms in total. The molecule has 0 saturated carbocycles. The lowest BCUT2D eigenvalue weighted by Gasteiger charge is -2.36. The Labute approximate surface area is 245 Å².